The van der Waals surface area contributed by atoms with Crippen LogP contribution in [0.2, 0.25) is 0 Å². The van der Waals surface area contributed by atoms with Crippen LogP contribution in [0.15, 0.2) is 18.2 Å². The number of carbonyl (C=O) groups is 1. The molecule has 1 aliphatic rings. The van der Waals surface area contributed by atoms with E-state index in [0.29, 0.717) is 24.1 Å². The molecule has 0 aliphatic carbocycles. The third-order valence-corrected chi connectivity index (χ3v) is 4.39. The molecule has 1 fully saturated rings. The molecule has 6 heteroatoms. The summed E-state index contributed by atoms with van der Waals surface area (Å²) in [6.45, 7) is 6.87. The monoisotopic (exact) mass is 322 g/mol. The van der Waals surface area contributed by atoms with Crippen molar-refractivity contribution < 1.29 is 19.4 Å². The summed E-state index contributed by atoms with van der Waals surface area (Å²) >= 11 is 0. The smallest absolute Gasteiger partial charge is 0.325 e. The molecule has 2 atom stereocenters. The van der Waals surface area contributed by atoms with Crippen molar-refractivity contribution >= 4 is 5.97 Å². The minimum absolute atomic E-state index is 0.329. The van der Waals surface area contributed by atoms with E-state index in [1.165, 1.54) is 0 Å². The molecule has 0 aromatic heterocycles. The van der Waals surface area contributed by atoms with E-state index in [9.17, 15) is 9.90 Å². The van der Waals surface area contributed by atoms with Gasteiger partial charge in [0.25, 0.3) is 0 Å². The molecule has 2 rings (SSSR count). The highest BCUT2D eigenvalue weighted by molar-refractivity contribution is 5.76. The number of likely N-dealkylation sites (N-methyl/N-ethyl adjacent to an activating group) is 1. The van der Waals surface area contributed by atoms with Gasteiger partial charge in [-0.05, 0) is 38.6 Å². The van der Waals surface area contributed by atoms with Crippen molar-refractivity contribution in [2.24, 2.45) is 0 Å². The number of piperazine rings is 1. The molecule has 1 saturated heterocycles. The molecule has 0 saturated carbocycles. The van der Waals surface area contributed by atoms with Crippen molar-refractivity contribution in [3.63, 3.8) is 0 Å². The summed E-state index contributed by atoms with van der Waals surface area (Å²) in [5.41, 5.74) is 0.717. The Labute approximate surface area is 137 Å². The van der Waals surface area contributed by atoms with Crippen molar-refractivity contribution in [2.45, 2.75) is 25.9 Å². The average Bonchev–Trinajstić information content (AvgIpc) is 2.52. The molecular weight excluding hydrogens is 296 g/mol. The van der Waals surface area contributed by atoms with Crippen LogP contribution in [0.25, 0.3) is 0 Å². The number of methoxy groups -OCH3 is 1. The molecule has 1 aromatic carbocycles. The number of carboxylic acid groups (broad SMARTS) is 1. The Morgan fingerprint density at radius 1 is 1.39 bits per heavy atom. The first-order chi connectivity index (χ1) is 11.0. The fourth-order valence-electron chi connectivity index (χ4n) is 2.95. The number of benzene rings is 1. The van der Waals surface area contributed by atoms with Gasteiger partial charge in [0, 0.05) is 25.7 Å². The lowest BCUT2D eigenvalue weighted by Crippen LogP contribution is -2.52. The Kier molecular flexibility index (Phi) is 5.85. The van der Waals surface area contributed by atoms with Gasteiger partial charge >= 0.3 is 5.97 Å². The lowest BCUT2D eigenvalue weighted by molar-refractivity contribution is -0.144. The second-order valence-corrected chi connectivity index (χ2v) is 5.91. The second kappa shape index (κ2) is 7.66. The first-order valence-electron chi connectivity index (χ1n) is 7.95. The first-order valence-corrected chi connectivity index (χ1v) is 7.95. The summed E-state index contributed by atoms with van der Waals surface area (Å²) in [7, 11) is 3.63. The summed E-state index contributed by atoms with van der Waals surface area (Å²) in [6, 6.07) is 5.03. The molecule has 1 heterocycles. The van der Waals surface area contributed by atoms with E-state index in [0.717, 1.165) is 25.2 Å². The fraction of sp³-hybridized carbons (Fsp3) is 0.588. The summed E-state index contributed by atoms with van der Waals surface area (Å²) in [4.78, 5) is 16.1. The molecule has 2 unspecified atom stereocenters. The SMILES string of the molecule is CCOc1ccc(C(C(=O)O)N2CCN(C)C(C)C2)cc1OC. The van der Waals surface area contributed by atoms with Crippen LogP contribution in [-0.4, -0.2) is 67.3 Å². The van der Waals surface area contributed by atoms with Crippen molar-refractivity contribution in [1.82, 2.24) is 9.80 Å². The Morgan fingerprint density at radius 3 is 2.70 bits per heavy atom. The molecule has 1 aliphatic heterocycles. The highest BCUT2D eigenvalue weighted by Gasteiger charge is 2.32. The van der Waals surface area contributed by atoms with E-state index in [1.54, 1.807) is 19.2 Å². The zero-order chi connectivity index (χ0) is 17.0. The van der Waals surface area contributed by atoms with E-state index < -0.39 is 12.0 Å². The van der Waals surface area contributed by atoms with E-state index >= 15 is 0 Å². The summed E-state index contributed by atoms with van der Waals surface area (Å²) in [5, 5.41) is 9.74. The molecule has 0 radical (unpaired) electrons. The molecular formula is C17H26N2O4. The van der Waals surface area contributed by atoms with Crippen LogP contribution in [0.3, 0.4) is 0 Å². The Bertz CT molecular complexity index is 549. The van der Waals surface area contributed by atoms with E-state index in [2.05, 4.69) is 18.9 Å². The Balaban J connectivity index is 2.29. The summed E-state index contributed by atoms with van der Waals surface area (Å²) < 4.78 is 10.9. The molecule has 0 spiro atoms. The largest absolute Gasteiger partial charge is 0.493 e. The number of hydrogen-bond donors (Lipinski definition) is 1. The van der Waals surface area contributed by atoms with Gasteiger partial charge in [0.05, 0.1) is 13.7 Å². The second-order valence-electron chi connectivity index (χ2n) is 5.91. The maximum atomic E-state index is 11.9. The number of aliphatic carboxylic acids is 1. The zero-order valence-electron chi connectivity index (χ0n) is 14.3. The van der Waals surface area contributed by atoms with Gasteiger partial charge < -0.3 is 19.5 Å². The van der Waals surface area contributed by atoms with Gasteiger partial charge in [-0.3, -0.25) is 9.69 Å². The van der Waals surface area contributed by atoms with Crippen LogP contribution in [0.4, 0.5) is 0 Å². The molecule has 6 nitrogen and oxygen atoms in total. The van der Waals surface area contributed by atoms with Crippen LogP contribution < -0.4 is 9.47 Å². The molecule has 0 amide bonds. The molecule has 1 N–H and O–H groups in total. The molecule has 23 heavy (non-hydrogen) atoms. The number of ether oxygens (including phenoxy) is 2. The van der Waals surface area contributed by atoms with Crippen LogP contribution in [-0.2, 0) is 4.79 Å². The zero-order valence-corrected chi connectivity index (χ0v) is 14.3. The number of rotatable bonds is 6. The van der Waals surface area contributed by atoms with Crippen LogP contribution in [0.5, 0.6) is 11.5 Å². The minimum Gasteiger partial charge on any atom is -0.493 e. The Morgan fingerprint density at radius 2 is 2.13 bits per heavy atom. The standard InChI is InChI=1S/C17H26N2O4/c1-5-23-14-7-6-13(10-15(14)22-4)16(17(20)21)19-9-8-18(3)12(2)11-19/h6-7,10,12,16H,5,8-9,11H2,1-4H3,(H,20,21). The van der Waals surface area contributed by atoms with Crippen molar-refractivity contribution in [1.29, 1.82) is 0 Å². The van der Waals surface area contributed by atoms with E-state index in [4.69, 9.17) is 9.47 Å². The van der Waals surface area contributed by atoms with Crippen molar-refractivity contribution in [3.8, 4) is 11.5 Å². The van der Waals surface area contributed by atoms with Gasteiger partial charge in [0.15, 0.2) is 11.5 Å². The highest BCUT2D eigenvalue weighted by atomic mass is 16.5. The van der Waals surface area contributed by atoms with Crippen molar-refractivity contribution in [2.75, 3.05) is 40.4 Å². The van der Waals surface area contributed by atoms with Gasteiger partial charge in [-0.25, -0.2) is 0 Å². The van der Waals surface area contributed by atoms with Gasteiger partial charge in [-0.15, -0.1) is 0 Å². The quantitative estimate of drug-likeness (QED) is 0.862. The first kappa shape index (κ1) is 17.6. The number of hydrogen-bond acceptors (Lipinski definition) is 5. The van der Waals surface area contributed by atoms with Gasteiger partial charge in [-0.1, -0.05) is 6.07 Å². The lowest BCUT2D eigenvalue weighted by atomic mass is 10.0. The van der Waals surface area contributed by atoms with Crippen LogP contribution in [0.1, 0.15) is 25.5 Å². The maximum Gasteiger partial charge on any atom is 0.325 e. The molecule has 128 valence electrons. The minimum atomic E-state index is -0.840. The predicted octanol–water partition coefficient (Wildman–Crippen LogP) is 1.86. The summed E-state index contributed by atoms with van der Waals surface area (Å²) in [5.74, 6) is 0.361. The lowest BCUT2D eigenvalue weighted by Gasteiger charge is -2.40. The van der Waals surface area contributed by atoms with Gasteiger partial charge in [0.1, 0.15) is 6.04 Å². The molecule has 0 bridgehead atoms. The fourth-order valence-corrected chi connectivity index (χ4v) is 2.95. The van der Waals surface area contributed by atoms with Crippen molar-refractivity contribution in [3.05, 3.63) is 23.8 Å². The van der Waals surface area contributed by atoms with E-state index in [1.807, 2.05) is 17.9 Å². The third kappa shape index (κ3) is 3.95. The van der Waals surface area contributed by atoms with Crippen LogP contribution in [0, 0.1) is 0 Å². The Hall–Kier alpha value is -1.79. The van der Waals surface area contributed by atoms with Crippen LogP contribution >= 0.6 is 0 Å². The third-order valence-electron chi connectivity index (χ3n) is 4.39. The normalized spacial score (nSPS) is 21.0. The predicted molar refractivity (Wildman–Crippen MR) is 88.2 cm³/mol. The molecule has 1 aromatic rings. The van der Waals surface area contributed by atoms with Gasteiger partial charge in [-0.2, -0.15) is 0 Å². The van der Waals surface area contributed by atoms with Gasteiger partial charge in [0.2, 0.25) is 0 Å². The summed E-state index contributed by atoms with van der Waals surface area (Å²) in [6.07, 6.45) is 0. The number of carboxylic acids is 1. The topological polar surface area (TPSA) is 62.2 Å². The maximum absolute atomic E-state index is 11.9. The number of nitrogens with zero attached hydrogens (tertiary/aromatic N) is 2. The van der Waals surface area contributed by atoms with E-state index in [-0.39, 0.29) is 0 Å². The highest BCUT2D eigenvalue weighted by Crippen LogP contribution is 2.33. The average molecular weight is 322 g/mol.